The normalized spacial score (nSPS) is 17.8. The molecule has 0 bridgehead atoms. The number of anilines is 1. The number of halogens is 4. The van der Waals surface area contributed by atoms with E-state index in [1.807, 2.05) is 0 Å². The van der Waals surface area contributed by atoms with E-state index in [4.69, 9.17) is 0 Å². The van der Waals surface area contributed by atoms with E-state index in [1.54, 1.807) is 0 Å². The number of hydrogen-bond donors (Lipinski definition) is 1. The molecular weight excluding hydrogens is 426 g/mol. The van der Waals surface area contributed by atoms with Gasteiger partial charge in [-0.05, 0) is 60.5 Å². The molecule has 1 aliphatic heterocycles. The lowest BCUT2D eigenvalue weighted by molar-refractivity contribution is -0.132. The van der Waals surface area contributed by atoms with Gasteiger partial charge in [0.05, 0.1) is 17.3 Å². The van der Waals surface area contributed by atoms with Gasteiger partial charge >= 0.3 is 0 Å². The fourth-order valence-corrected chi connectivity index (χ4v) is 3.67. The van der Waals surface area contributed by atoms with Crippen LogP contribution in [-0.4, -0.2) is 16.8 Å². The number of carbonyl (C=O) groups is 2. The molecule has 0 saturated carbocycles. The maximum atomic E-state index is 14.6. The Labute approximate surface area is 180 Å². The average Bonchev–Trinajstić information content (AvgIpc) is 3.01. The van der Waals surface area contributed by atoms with Crippen molar-refractivity contribution in [2.75, 3.05) is 4.90 Å². The van der Waals surface area contributed by atoms with Crippen molar-refractivity contribution in [1.29, 1.82) is 0 Å². The van der Waals surface area contributed by atoms with Crippen molar-refractivity contribution < 1.29 is 32.3 Å². The van der Waals surface area contributed by atoms with Gasteiger partial charge in [-0.15, -0.1) is 0 Å². The number of carbonyl (C=O) groups excluding carboxylic acids is 2. The largest absolute Gasteiger partial charge is 0.507 e. The Hall–Kier alpha value is -3.94. The molecule has 1 atom stereocenters. The molecule has 1 aliphatic rings. The van der Waals surface area contributed by atoms with Crippen LogP contribution < -0.4 is 4.90 Å². The summed E-state index contributed by atoms with van der Waals surface area (Å²) in [5.74, 6) is -6.00. The molecule has 1 fully saturated rings. The quantitative estimate of drug-likeness (QED) is 0.264. The second-order valence-electron chi connectivity index (χ2n) is 7.28. The number of nitrogens with zero attached hydrogens (tertiary/aromatic N) is 1. The number of ketones is 1. The summed E-state index contributed by atoms with van der Waals surface area (Å²) in [6.45, 7) is 1.45. The predicted molar refractivity (Wildman–Crippen MR) is 109 cm³/mol. The highest BCUT2D eigenvalue weighted by atomic mass is 19.1. The van der Waals surface area contributed by atoms with E-state index in [2.05, 4.69) is 0 Å². The highest BCUT2D eigenvalue weighted by Crippen LogP contribution is 2.43. The molecule has 4 rings (SSSR count). The number of Topliss-reactive ketones (excluding diaryl/α,β-unsaturated/α-hetero) is 1. The first-order valence-corrected chi connectivity index (χ1v) is 9.47. The van der Waals surface area contributed by atoms with Crippen molar-refractivity contribution in [2.24, 2.45) is 0 Å². The number of rotatable bonds is 3. The average molecular weight is 441 g/mol. The fraction of sp³-hybridized carbons (Fsp3) is 0.0833. The SMILES string of the molecule is Cc1cc(/C(O)=C2\C(=O)C(=O)N(c3ccc(F)cc3F)C2c2ccc(F)cc2)ccc1F. The Morgan fingerprint density at radius 1 is 0.844 bits per heavy atom. The van der Waals surface area contributed by atoms with Crippen molar-refractivity contribution in [3.05, 3.63) is 106 Å². The van der Waals surface area contributed by atoms with Crippen molar-refractivity contribution >= 4 is 23.1 Å². The molecule has 1 N–H and O–H groups in total. The molecule has 32 heavy (non-hydrogen) atoms. The summed E-state index contributed by atoms with van der Waals surface area (Å²) < 4.78 is 55.2. The zero-order valence-corrected chi connectivity index (χ0v) is 16.6. The summed E-state index contributed by atoms with van der Waals surface area (Å²) in [5.41, 5.74) is -0.331. The van der Waals surface area contributed by atoms with Gasteiger partial charge in [0.15, 0.2) is 0 Å². The molecule has 1 unspecified atom stereocenters. The van der Waals surface area contributed by atoms with Crippen molar-refractivity contribution in [3.8, 4) is 0 Å². The number of benzene rings is 3. The lowest BCUT2D eigenvalue weighted by Crippen LogP contribution is -2.30. The maximum Gasteiger partial charge on any atom is 0.300 e. The Kier molecular flexibility index (Phi) is 5.30. The molecule has 0 aromatic heterocycles. The van der Waals surface area contributed by atoms with Crippen LogP contribution in [0.15, 0.2) is 66.2 Å². The van der Waals surface area contributed by atoms with Gasteiger partial charge in [0.25, 0.3) is 11.7 Å². The van der Waals surface area contributed by atoms with Crippen molar-refractivity contribution in [1.82, 2.24) is 0 Å². The van der Waals surface area contributed by atoms with Crippen LogP contribution in [0.2, 0.25) is 0 Å². The molecule has 0 spiro atoms. The monoisotopic (exact) mass is 441 g/mol. The zero-order chi connectivity index (χ0) is 23.2. The Morgan fingerprint density at radius 2 is 1.50 bits per heavy atom. The molecule has 0 aliphatic carbocycles. The Bertz CT molecular complexity index is 1280. The third kappa shape index (κ3) is 3.53. The van der Waals surface area contributed by atoms with Crippen LogP contribution >= 0.6 is 0 Å². The van der Waals surface area contributed by atoms with Crippen LogP contribution in [0, 0.1) is 30.2 Å². The van der Waals surface area contributed by atoms with Crippen LogP contribution in [0.25, 0.3) is 5.76 Å². The minimum atomic E-state index is -1.33. The van der Waals surface area contributed by atoms with E-state index in [-0.39, 0.29) is 16.7 Å². The Morgan fingerprint density at radius 3 is 2.12 bits per heavy atom. The number of aryl methyl sites for hydroxylation is 1. The van der Waals surface area contributed by atoms with Gasteiger partial charge in [0.2, 0.25) is 0 Å². The summed E-state index contributed by atoms with van der Waals surface area (Å²) >= 11 is 0. The molecule has 8 heteroatoms. The van der Waals surface area contributed by atoms with E-state index in [0.717, 1.165) is 35.2 Å². The molecule has 3 aromatic carbocycles. The highest BCUT2D eigenvalue weighted by molar-refractivity contribution is 6.51. The smallest absolute Gasteiger partial charge is 0.300 e. The molecule has 1 heterocycles. The van der Waals surface area contributed by atoms with Crippen molar-refractivity contribution in [3.63, 3.8) is 0 Å². The first-order chi connectivity index (χ1) is 15.2. The number of amides is 1. The van der Waals surface area contributed by atoms with Crippen LogP contribution in [0.5, 0.6) is 0 Å². The van der Waals surface area contributed by atoms with Gasteiger partial charge in [-0.3, -0.25) is 14.5 Å². The number of aliphatic hydroxyl groups excluding tert-OH is 1. The van der Waals surface area contributed by atoms with Crippen LogP contribution in [0.1, 0.15) is 22.7 Å². The maximum absolute atomic E-state index is 14.6. The first kappa shape index (κ1) is 21.3. The van der Waals surface area contributed by atoms with E-state index in [0.29, 0.717) is 6.07 Å². The third-order valence-corrected chi connectivity index (χ3v) is 5.23. The molecule has 4 nitrogen and oxygen atoms in total. The van der Waals surface area contributed by atoms with Crippen LogP contribution in [-0.2, 0) is 9.59 Å². The molecule has 1 saturated heterocycles. The molecule has 3 aromatic rings. The van der Waals surface area contributed by atoms with Crippen LogP contribution in [0.3, 0.4) is 0 Å². The van der Waals surface area contributed by atoms with Gasteiger partial charge in [0.1, 0.15) is 29.0 Å². The molecular formula is C24H15F4NO3. The van der Waals surface area contributed by atoms with Crippen molar-refractivity contribution in [2.45, 2.75) is 13.0 Å². The van der Waals surface area contributed by atoms with Crippen LogP contribution in [0.4, 0.5) is 23.2 Å². The molecule has 0 radical (unpaired) electrons. The van der Waals surface area contributed by atoms with E-state index in [9.17, 15) is 32.3 Å². The number of aliphatic hydroxyl groups is 1. The summed E-state index contributed by atoms with van der Waals surface area (Å²) in [5, 5.41) is 10.9. The Balaban J connectivity index is 1.97. The van der Waals surface area contributed by atoms with E-state index < -0.39 is 58.0 Å². The molecule has 1 amide bonds. The van der Waals surface area contributed by atoms with Gasteiger partial charge in [-0.1, -0.05) is 12.1 Å². The lowest BCUT2D eigenvalue weighted by atomic mass is 9.94. The van der Waals surface area contributed by atoms with E-state index >= 15 is 0 Å². The summed E-state index contributed by atoms with van der Waals surface area (Å²) in [6, 6.07) is 9.47. The zero-order valence-electron chi connectivity index (χ0n) is 16.6. The fourth-order valence-electron chi connectivity index (χ4n) is 3.67. The van der Waals surface area contributed by atoms with Gasteiger partial charge in [-0.2, -0.15) is 0 Å². The predicted octanol–water partition coefficient (Wildman–Crippen LogP) is 5.18. The topological polar surface area (TPSA) is 57.6 Å². The highest BCUT2D eigenvalue weighted by Gasteiger charge is 2.47. The van der Waals surface area contributed by atoms with Gasteiger partial charge in [-0.25, -0.2) is 17.6 Å². The summed E-state index contributed by atoms with van der Waals surface area (Å²) in [4.78, 5) is 26.6. The summed E-state index contributed by atoms with van der Waals surface area (Å²) in [7, 11) is 0. The first-order valence-electron chi connectivity index (χ1n) is 9.47. The van der Waals surface area contributed by atoms with Gasteiger partial charge in [0, 0.05) is 11.6 Å². The summed E-state index contributed by atoms with van der Waals surface area (Å²) in [6.07, 6.45) is 0. The minimum absolute atomic E-state index is 0.0635. The van der Waals surface area contributed by atoms with E-state index in [1.165, 1.54) is 31.2 Å². The third-order valence-electron chi connectivity index (χ3n) is 5.23. The standard InChI is InChI=1S/C24H15F4NO3/c1-12-10-14(4-8-17(12)27)22(30)20-21(13-2-5-15(25)6-3-13)29(24(32)23(20)31)19-9-7-16(26)11-18(19)28/h2-11,21,30H,1H3/b22-20+. The lowest BCUT2D eigenvalue weighted by Gasteiger charge is -2.25. The minimum Gasteiger partial charge on any atom is -0.507 e. The molecule has 162 valence electrons. The second kappa shape index (κ2) is 7.96. The van der Waals surface area contributed by atoms with Gasteiger partial charge < -0.3 is 5.11 Å². The second-order valence-corrected chi connectivity index (χ2v) is 7.28. The number of hydrogen-bond acceptors (Lipinski definition) is 3.